The Labute approximate surface area is 231 Å². The standard InChI is InChI=1S/C30H32FN3O4S/c31-25-14-10-23(11-15-25)19-33(29(35)21-39-20-24-12-16-27(17-13-24)34(37)38)28(18-22-6-2-1-3-7-22)30(36)32-26-8-4-5-9-26/h1-3,6-7,10-17,26,28H,4-5,8-9,18-21H2,(H,32,36)/t28-/m1/s1. The van der Waals surface area contributed by atoms with Crippen LogP contribution in [0.25, 0.3) is 0 Å². The molecule has 1 atom stereocenters. The maximum Gasteiger partial charge on any atom is 0.269 e. The number of non-ortho nitro benzene ring substituents is 1. The lowest BCUT2D eigenvalue weighted by Gasteiger charge is -2.32. The van der Waals surface area contributed by atoms with Crippen LogP contribution in [0.15, 0.2) is 78.9 Å². The van der Waals surface area contributed by atoms with Crippen molar-refractivity contribution in [3.05, 3.63) is 111 Å². The highest BCUT2D eigenvalue weighted by Gasteiger charge is 2.32. The molecule has 39 heavy (non-hydrogen) atoms. The van der Waals surface area contributed by atoms with Gasteiger partial charge >= 0.3 is 0 Å². The number of nitro benzene ring substituents is 1. The van der Waals surface area contributed by atoms with E-state index in [4.69, 9.17) is 0 Å². The first-order valence-corrected chi connectivity index (χ1v) is 14.2. The van der Waals surface area contributed by atoms with E-state index in [9.17, 15) is 24.1 Å². The molecule has 0 bridgehead atoms. The van der Waals surface area contributed by atoms with Crippen molar-refractivity contribution < 1.29 is 18.9 Å². The van der Waals surface area contributed by atoms with Gasteiger partial charge in [-0.3, -0.25) is 19.7 Å². The topological polar surface area (TPSA) is 92.6 Å². The smallest absolute Gasteiger partial charge is 0.269 e. The van der Waals surface area contributed by atoms with Crippen LogP contribution < -0.4 is 5.32 Å². The van der Waals surface area contributed by atoms with E-state index in [1.807, 2.05) is 30.3 Å². The number of nitro groups is 1. The summed E-state index contributed by atoms with van der Waals surface area (Å²) in [7, 11) is 0. The Morgan fingerprint density at radius 2 is 1.59 bits per heavy atom. The van der Waals surface area contributed by atoms with Gasteiger partial charge in [-0.25, -0.2) is 4.39 Å². The molecule has 3 aromatic carbocycles. The van der Waals surface area contributed by atoms with Crippen molar-refractivity contribution in [1.82, 2.24) is 10.2 Å². The van der Waals surface area contributed by atoms with Gasteiger partial charge in [-0.1, -0.05) is 67.4 Å². The fourth-order valence-corrected chi connectivity index (χ4v) is 5.63. The largest absolute Gasteiger partial charge is 0.352 e. The van der Waals surface area contributed by atoms with Crippen LogP contribution in [-0.4, -0.2) is 39.5 Å². The van der Waals surface area contributed by atoms with Crippen LogP contribution in [0.1, 0.15) is 42.4 Å². The summed E-state index contributed by atoms with van der Waals surface area (Å²) in [4.78, 5) is 39.4. The average Bonchev–Trinajstić information content (AvgIpc) is 3.45. The average molecular weight is 550 g/mol. The Bertz CT molecular complexity index is 1250. The molecule has 0 heterocycles. The molecule has 1 aliphatic rings. The number of nitrogens with one attached hydrogen (secondary N) is 1. The van der Waals surface area contributed by atoms with E-state index < -0.39 is 11.0 Å². The third kappa shape index (κ3) is 8.38. The van der Waals surface area contributed by atoms with E-state index >= 15 is 0 Å². The molecule has 7 nitrogen and oxygen atoms in total. The lowest BCUT2D eigenvalue weighted by molar-refractivity contribution is -0.384. The van der Waals surface area contributed by atoms with E-state index in [1.54, 1.807) is 29.2 Å². The molecule has 0 saturated heterocycles. The monoisotopic (exact) mass is 549 g/mol. The molecule has 1 N–H and O–H groups in total. The summed E-state index contributed by atoms with van der Waals surface area (Å²) in [6.45, 7) is 0.173. The minimum Gasteiger partial charge on any atom is -0.352 e. The number of halogens is 1. The number of benzene rings is 3. The van der Waals surface area contributed by atoms with Gasteiger partial charge in [-0.15, -0.1) is 11.8 Å². The first-order chi connectivity index (χ1) is 18.9. The van der Waals surface area contributed by atoms with E-state index in [1.165, 1.54) is 36.0 Å². The number of carbonyl (C=O) groups excluding carboxylic acids is 2. The summed E-state index contributed by atoms with van der Waals surface area (Å²) in [6.07, 6.45) is 4.37. The number of thioether (sulfide) groups is 1. The second kappa shape index (κ2) is 13.9. The summed E-state index contributed by atoms with van der Waals surface area (Å²) in [5, 5.41) is 14.1. The normalized spacial score (nSPS) is 14.1. The van der Waals surface area contributed by atoms with E-state index in [0.29, 0.717) is 12.2 Å². The molecule has 1 fully saturated rings. The quantitative estimate of drug-likeness (QED) is 0.232. The summed E-state index contributed by atoms with van der Waals surface area (Å²) >= 11 is 1.39. The second-order valence-electron chi connectivity index (χ2n) is 9.76. The predicted molar refractivity (Wildman–Crippen MR) is 151 cm³/mol. The van der Waals surface area contributed by atoms with Crippen molar-refractivity contribution in [2.45, 2.75) is 56.5 Å². The van der Waals surface area contributed by atoms with Gasteiger partial charge in [0, 0.05) is 36.9 Å². The third-order valence-electron chi connectivity index (χ3n) is 6.88. The van der Waals surface area contributed by atoms with Crippen molar-refractivity contribution in [3.63, 3.8) is 0 Å². The Kier molecular flexibility index (Phi) is 10.1. The maximum atomic E-state index is 13.7. The van der Waals surface area contributed by atoms with Gasteiger partial charge in [0.05, 0.1) is 10.7 Å². The number of carbonyl (C=O) groups is 2. The molecular weight excluding hydrogens is 517 g/mol. The lowest BCUT2D eigenvalue weighted by Crippen LogP contribution is -2.52. The highest BCUT2D eigenvalue weighted by Crippen LogP contribution is 2.22. The Morgan fingerprint density at radius 1 is 0.949 bits per heavy atom. The number of amides is 2. The highest BCUT2D eigenvalue weighted by molar-refractivity contribution is 7.99. The predicted octanol–water partition coefficient (Wildman–Crippen LogP) is 5.67. The van der Waals surface area contributed by atoms with Crippen LogP contribution in [0.2, 0.25) is 0 Å². The van der Waals surface area contributed by atoms with Crippen LogP contribution in [0.5, 0.6) is 0 Å². The lowest BCUT2D eigenvalue weighted by atomic mass is 10.0. The van der Waals surface area contributed by atoms with Crippen molar-refractivity contribution in [2.24, 2.45) is 0 Å². The highest BCUT2D eigenvalue weighted by atomic mass is 32.2. The van der Waals surface area contributed by atoms with Crippen LogP contribution in [0, 0.1) is 15.9 Å². The minimum atomic E-state index is -0.731. The fraction of sp³-hybridized carbons (Fsp3) is 0.333. The number of nitrogens with zero attached hydrogens (tertiary/aromatic N) is 2. The van der Waals surface area contributed by atoms with Crippen LogP contribution in [-0.2, 0) is 28.3 Å². The molecule has 1 saturated carbocycles. The molecule has 9 heteroatoms. The van der Waals surface area contributed by atoms with Crippen molar-refractivity contribution in [1.29, 1.82) is 0 Å². The molecule has 4 rings (SSSR count). The Hall–Kier alpha value is -3.72. The van der Waals surface area contributed by atoms with Gasteiger partial charge < -0.3 is 10.2 Å². The summed E-state index contributed by atoms with van der Waals surface area (Å²) < 4.78 is 13.6. The summed E-state index contributed by atoms with van der Waals surface area (Å²) in [5.74, 6) is -0.128. The van der Waals surface area contributed by atoms with Crippen LogP contribution >= 0.6 is 11.8 Å². The van der Waals surface area contributed by atoms with E-state index in [-0.39, 0.29) is 41.7 Å². The van der Waals surface area contributed by atoms with E-state index in [0.717, 1.165) is 42.4 Å². The summed E-state index contributed by atoms with van der Waals surface area (Å²) in [5.41, 5.74) is 2.56. The van der Waals surface area contributed by atoms with E-state index in [2.05, 4.69) is 5.32 Å². The van der Waals surface area contributed by atoms with Gasteiger partial charge in [0.2, 0.25) is 11.8 Å². The molecule has 0 aliphatic heterocycles. The first kappa shape index (κ1) is 28.3. The molecule has 3 aromatic rings. The number of rotatable bonds is 12. The number of hydrogen-bond acceptors (Lipinski definition) is 5. The van der Waals surface area contributed by atoms with Crippen LogP contribution in [0.3, 0.4) is 0 Å². The minimum absolute atomic E-state index is 0.0160. The summed E-state index contributed by atoms with van der Waals surface area (Å²) in [6, 6.07) is 21.2. The fourth-order valence-electron chi connectivity index (χ4n) is 4.76. The molecule has 0 aromatic heterocycles. The van der Waals surface area contributed by atoms with Crippen molar-refractivity contribution in [2.75, 3.05) is 5.75 Å². The molecule has 0 radical (unpaired) electrons. The first-order valence-electron chi connectivity index (χ1n) is 13.1. The van der Waals surface area contributed by atoms with Crippen LogP contribution in [0.4, 0.5) is 10.1 Å². The molecule has 2 amide bonds. The third-order valence-corrected chi connectivity index (χ3v) is 7.87. The van der Waals surface area contributed by atoms with Crippen molar-refractivity contribution >= 4 is 29.3 Å². The Balaban J connectivity index is 1.53. The second-order valence-corrected chi connectivity index (χ2v) is 10.7. The molecule has 0 unspecified atom stereocenters. The molecule has 0 spiro atoms. The van der Waals surface area contributed by atoms with Gasteiger partial charge in [0.1, 0.15) is 11.9 Å². The zero-order valence-electron chi connectivity index (χ0n) is 21.6. The SMILES string of the molecule is O=C(NC1CCCC1)[C@@H](Cc1ccccc1)N(Cc1ccc(F)cc1)C(=O)CSCc1ccc([N+](=O)[O-])cc1. The van der Waals surface area contributed by atoms with Gasteiger partial charge in [-0.05, 0) is 41.7 Å². The van der Waals surface area contributed by atoms with Gasteiger partial charge in [0.15, 0.2) is 0 Å². The zero-order valence-corrected chi connectivity index (χ0v) is 22.4. The molecule has 204 valence electrons. The Morgan fingerprint density at radius 3 is 2.23 bits per heavy atom. The molecular formula is C30H32FN3O4S. The number of hydrogen-bond donors (Lipinski definition) is 1. The van der Waals surface area contributed by atoms with Gasteiger partial charge in [-0.2, -0.15) is 0 Å². The van der Waals surface area contributed by atoms with Crippen molar-refractivity contribution in [3.8, 4) is 0 Å². The molecule has 1 aliphatic carbocycles. The van der Waals surface area contributed by atoms with Gasteiger partial charge in [0.25, 0.3) is 5.69 Å². The maximum absolute atomic E-state index is 13.7. The zero-order chi connectivity index (χ0) is 27.6.